The van der Waals surface area contributed by atoms with Crippen LogP contribution in [0.5, 0.6) is 0 Å². The van der Waals surface area contributed by atoms with Gasteiger partial charge < -0.3 is 24.8 Å². The molecule has 0 heterocycles. The first kappa shape index (κ1) is 52.1. The molecule has 6 aromatic rings. The maximum Gasteiger partial charge on any atom is 0.416 e. The van der Waals surface area contributed by atoms with Crippen LogP contribution < -0.4 is 24.8 Å². The zero-order valence-electron chi connectivity index (χ0n) is 32.5. The van der Waals surface area contributed by atoms with Gasteiger partial charge in [-0.25, -0.2) is 0 Å². The third-order valence-electron chi connectivity index (χ3n) is 9.47. The zero-order chi connectivity index (χ0) is 42.8. The maximum absolute atomic E-state index is 13.1. The summed E-state index contributed by atoms with van der Waals surface area (Å²) in [5, 5.41) is 2.96. The second-order valence-corrected chi connectivity index (χ2v) is 21.5. The number of benzene rings is 4. The van der Waals surface area contributed by atoms with Crippen molar-refractivity contribution < 1.29 is 101 Å². The van der Waals surface area contributed by atoms with Gasteiger partial charge in [0, 0.05) is 0 Å². The summed E-state index contributed by atoms with van der Waals surface area (Å²) in [6.45, 7) is 12.1. The molecule has 318 valence electrons. The minimum absolute atomic E-state index is 0. The van der Waals surface area contributed by atoms with E-state index in [1.165, 1.54) is 12.1 Å². The number of alkyl halides is 12. The van der Waals surface area contributed by atoms with E-state index in [1.54, 1.807) is 53.7 Å². The fraction of sp³-hybridized carbons (Fsp3) is 0.302. The van der Waals surface area contributed by atoms with E-state index in [9.17, 15) is 52.7 Å². The Morgan fingerprint density at radius 1 is 0.492 bits per heavy atom. The molecule has 0 atom stereocenters. The molecule has 0 aliphatic heterocycles. The molecule has 16 heteroatoms. The van der Waals surface area contributed by atoms with Gasteiger partial charge in [0.25, 0.3) is 0 Å². The van der Waals surface area contributed by atoms with Crippen molar-refractivity contribution >= 4 is 27.0 Å². The number of halogens is 14. The van der Waals surface area contributed by atoms with Gasteiger partial charge in [0.05, 0.1) is 22.3 Å². The molecule has 0 radical (unpaired) electrons. The van der Waals surface area contributed by atoms with Gasteiger partial charge in [-0.1, -0.05) is 51.0 Å². The summed E-state index contributed by atoms with van der Waals surface area (Å²) >= 11 is 1.80. The minimum atomic E-state index is -4.86. The van der Waals surface area contributed by atoms with Crippen LogP contribution in [0.15, 0.2) is 84.9 Å². The molecule has 0 aliphatic carbocycles. The van der Waals surface area contributed by atoms with Crippen LogP contribution in [0.25, 0.3) is 43.8 Å². The summed E-state index contributed by atoms with van der Waals surface area (Å²) in [7, 11) is 0. The Bertz CT molecular complexity index is 2310. The quantitative estimate of drug-likeness (QED) is 0.0919. The molecule has 0 unspecified atom stereocenters. The van der Waals surface area contributed by atoms with E-state index in [0.717, 1.165) is 63.7 Å². The number of rotatable bonds is 5. The first-order valence-corrected chi connectivity index (χ1v) is 23.4. The van der Waals surface area contributed by atoms with Crippen molar-refractivity contribution in [2.45, 2.75) is 84.8 Å². The van der Waals surface area contributed by atoms with Crippen LogP contribution in [-0.4, -0.2) is 5.43 Å². The fourth-order valence-electron chi connectivity index (χ4n) is 6.27. The van der Waals surface area contributed by atoms with E-state index in [1.807, 2.05) is 45.9 Å². The SMILES string of the molecule is CC[Si](=[Zr+2])CC.CCc1cc2c(-c3cc(C(F)(F)F)cc(C(F)(F)F)c3)ccc(C)c2[cH-]1.Cc1cc2c(-c3cc(C(F)(F)F)cc(C(F)(F)F)c3)ccc(C)c2[cH-]1.[Cl-].[Cl-]. The summed E-state index contributed by atoms with van der Waals surface area (Å²) in [5.74, 6) is 0. The largest absolute Gasteiger partial charge is 1.00 e. The Morgan fingerprint density at radius 3 is 1.14 bits per heavy atom. The summed E-state index contributed by atoms with van der Waals surface area (Å²) in [6, 6.07) is 20.3. The number of fused-ring (bicyclic) bond motifs is 2. The summed E-state index contributed by atoms with van der Waals surface area (Å²) in [6.07, 6.45) is -18.7. The Labute approximate surface area is 362 Å². The molecular formula is C43H38Cl2F12SiZr-2. The van der Waals surface area contributed by atoms with Gasteiger partial charge in [-0.2, -0.15) is 64.8 Å². The molecule has 0 aromatic heterocycles. The molecule has 0 saturated carbocycles. The molecule has 0 aliphatic rings. The average molecular weight is 973 g/mol. The predicted octanol–water partition coefficient (Wildman–Crippen LogP) is 9.59. The van der Waals surface area contributed by atoms with E-state index < -0.39 is 47.0 Å². The second kappa shape index (κ2) is 20.2. The van der Waals surface area contributed by atoms with Gasteiger partial charge in [0.1, 0.15) is 0 Å². The van der Waals surface area contributed by atoms with E-state index in [2.05, 4.69) is 13.8 Å². The Kier molecular flexibility index (Phi) is 17.8. The molecule has 0 amide bonds. The minimum Gasteiger partial charge on any atom is -1.00 e. The first-order valence-electron chi connectivity index (χ1n) is 17.8. The average Bonchev–Trinajstić information content (AvgIpc) is 3.75. The fourth-order valence-corrected chi connectivity index (χ4v) is 6.77. The van der Waals surface area contributed by atoms with Gasteiger partial charge in [-0.3, -0.25) is 0 Å². The predicted molar refractivity (Wildman–Crippen MR) is 200 cm³/mol. The molecule has 0 fully saturated rings. The van der Waals surface area contributed by atoms with E-state index in [-0.39, 0.29) is 53.5 Å². The summed E-state index contributed by atoms with van der Waals surface area (Å²) in [5.41, 5.74) is -0.774. The van der Waals surface area contributed by atoms with Crippen LogP contribution in [0.2, 0.25) is 12.1 Å². The van der Waals surface area contributed by atoms with Crippen LogP contribution >= 0.6 is 0 Å². The summed E-state index contributed by atoms with van der Waals surface area (Å²) < 4.78 is 157. The molecule has 6 rings (SSSR count). The van der Waals surface area contributed by atoms with Crippen molar-refractivity contribution in [2.75, 3.05) is 0 Å². The van der Waals surface area contributed by atoms with Crippen molar-refractivity contribution in [3.63, 3.8) is 0 Å². The number of hydrogen-bond acceptors (Lipinski definition) is 0. The van der Waals surface area contributed by atoms with Gasteiger partial charge >= 0.3 is 79.4 Å². The summed E-state index contributed by atoms with van der Waals surface area (Å²) in [4.78, 5) is 0. The van der Waals surface area contributed by atoms with Gasteiger partial charge in [0.2, 0.25) is 0 Å². The third-order valence-corrected chi connectivity index (χ3v) is 16.4. The van der Waals surface area contributed by atoms with E-state index in [0.29, 0.717) is 21.9 Å². The smallest absolute Gasteiger partial charge is 0.416 e. The van der Waals surface area contributed by atoms with Crippen molar-refractivity contribution in [2.24, 2.45) is 0 Å². The molecule has 59 heavy (non-hydrogen) atoms. The monoisotopic (exact) mass is 970 g/mol. The molecule has 0 nitrogen and oxygen atoms in total. The van der Waals surface area contributed by atoms with Crippen LogP contribution in [-0.2, 0) is 54.5 Å². The molecule has 0 spiro atoms. The zero-order valence-corrected chi connectivity index (χ0v) is 37.5. The van der Waals surface area contributed by atoms with Crippen molar-refractivity contribution in [3.05, 3.63) is 129 Å². The molecular weight excluding hydrogens is 935 g/mol. The number of aryl methyl sites for hydroxylation is 4. The number of hydrogen-bond donors (Lipinski definition) is 0. The normalized spacial score (nSPS) is 11.9. The first-order chi connectivity index (χ1) is 26.3. The van der Waals surface area contributed by atoms with Crippen LogP contribution in [0.1, 0.15) is 65.3 Å². The third kappa shape index (κ3) is 13.0. The Hall–Kier alpha value is -3.06. The van der Waals surface area contributed by atoms with Gasteiger partial charge in [-0.15, -0.1) is 68.1 Å². The molecule has 6 aromatic carbocycles. The van der Waals surface area contributed by atoms with Crippen molar-refractivity contribution in [3.8, 4) is 22.3 Å². The van der Waals surface area contributed by atoms with E-state index >= 15 is 0 Å². The van der Waals surface area contributed by atoms with E-state index in [4.69, 9.17) is 0 Å². The molecule has 0 bridgehead atoms. The van der Waals surface area contributed by atoms with Crippen LogP contribution in [0, 0.1) is 20.8 Å². The standard InChI is InChI=1S/C20H15F6.C19H13F6.C4H10Si.2ClH.Zr/c1-3-12-6-17-11(2)4-5-16(18(17)7-12)13-8-14(19(21,22)23)10-15(9-13)20(24,25)26;1-10-5-16-11(2)3-4-15(17(16)6-10)12-7-13(18(20,21)22)9-14(8-12)19(23,24)25;1-3-5-4-2;;;/h4-10H,3H2,1-2H3;3-9H,1-2H3;3-4H2,1-2H3;2*1H;/q2*-1;;;;+2/p-2. The maximum atomic E-state index is 13.1. The topological polar surface area (TPSA) is 0 Å². The van der Waals surface area contributed by atoms with Gasteiger partial charge in [0.15, 0.2) is 0 Å². The Morgan fingerprint density at radius 2 is 0.831 bits per heavy atom. The van der Waals surface area contributed by atoms with Crippen molar-refractivity contribution in [1.29, 1.82) is 0 Å². The van der Waals surface area contributed by atoms with Crippen LogP contribution in [0.3, 0.4) is 0 Å². The molecule has 0 N–H and O–H groups in total. The second-order valence-electron chi connectivity index (χ2n) is 13.7. The van der Waals surface area contributed by atoms with Gasteiger partial charge in [-0.05, 0) is 53.9 Å². The van der Waals surface area contributed by atoms with Crippen LogP contribution in [0.4, 0.5) is 52.7 Å². The Balaban J connectivity index is 0.000000347. The molecule has 0 saturated heterocycles. The van der Waals surface area contributed by atoms with Crippen molar-refractivity contribution in [1.82, 2.24) is 0 Å².